The van der Waals surface area contributed by atoms with E-state index in [1.807, 2.05) is 48.5 Å². The Kier molecular flexibility index (Phi) is 7.24. The van der Waals surface area contributed by atoms with Crippen molar-refractivity contribution in [3.8, 4) is 0 Å². The molecule has 0 bridgehead atoms. The van der Waals surface area contributed by atoms with Crippen molar-refractivity contribution in [2.24, 2.45) is 18.9 Å². The Balaban J connectivity index is 1.34. The first-order valence-corrected chi connectivity index (χ1v) is 11.9. The fourth-order valence-corrected chi connectivity index (χ4v) is 4.84. The summed E-state index contributed by atoms with van der Waals surface area (Å²) in [5, 5.41) is 15.5. The second-order valence-corrected chi connectivity index (χ2v) is 9.69. The first-order chi connectivity index (χ1) is 16.2. The highest BCUT2D eigenvalue weighted by Gasteiger charge is 2.31. The zero-order valence-corrected chi connectivity index (χ0v) is 20.4. The van der Waals surface area contributed by atoms with E-state index in [1.165, 1.54) is 17.5 Å². The lowest BCUT2D eigenvalue weighted by atomic mass is 9.91. The molecule has 0 saturated heterocycles. The Bertz CT molecular complexity index is 1190. The maximum Gasteiger partial charge on any atom is 0.436 e. The van der Waals surface area contributed by atoms with Gasteiger partial charge in [0.2, 0.25) is 5.89 Å². The summed E-state index contributed by atoms with van der Waals surface area (Å²) < 4.78 is 6.23. The van der Waals surface area contributed by atoms with Crippen molar-refractivity contribution in [1.29, 1.82) is 0 Å². The third-order valence-electron chi connectivity index (χ3n) is 6.93. The number of aliphatic hydroxyl groups excluding tert-OH is 1. The van der Waals surface area contributed by atoms with Gasteiger partial charge in [-0.1, -0.05) is 35.9 Å². The molecule has 7 nitrogen and oxygen atoms in total. The topological polar surface area (TPSA) is 88.6 Å². The van der Waals surface area contributed by atoms with Gasteiger partial charge in [0.15, 0.2) is 0 Å². The van der Waals surface area contributed by atoms with E-state index in [-0.39, 0.29) is 17.7 Å². The van der Waals surface area contributed by atoms with Crippen LogP contribution in [-0.4, -0.2) is 32.7 Å². The Morgan fingerprint density at radius 3 is 2.50 bits per heavy atom. The van der Waals surface area contributed by atoms with E-state index >= 15 is 0 Å². The maximum atomic E-state index is 12.9. The number of carbonyl (C=O) groups excluding carboxylic acids is 1. The van der Waals surface area contributed by atoms with Crippen LogP contribution in [0.15, 0.2) is 57.7 Å². The van der Waals surface area contributed by atoms with E-state index < -0.39 is 17.9 Å². The van der Waals surface area contributed by atoms with Crippen molar-refractivity contribution in [2.45, 2.75) is 44.8 Å². The molecule has 1 aliphatic rings. The van der Waals surface area contributed by atoms with Crippen molar-refractivity contribution < 1.29 is 14.3 Å². The van der Waals surface area contributed by atoms with Gasteiger partial charge in [0.05, 0.1) is 6.10 Å². The van der Waals surface area contributed by atoms with E-state index in [0.29, 0.717) is 16.5 Å². The van der Waals surface area contributed by atoms with Crippen LogP contribution in [0.2, 0.25) is 5.02 Å². The molecule has 34 heavy (non-hydrogen) atoms. The van der Waals surface area contributed by atoms with E-state index in [1.54, 1.807) is 14.0 Å². The van der Waals surface area contributed by atoms with Crippen LogP contribution in [0.25, 0.3) is 0 Å². The van der Waals surface area contributed by atoms with E-state index in [0.717, 1.165) is 35.9 Å². The monoisotopic (exact) mass is 483 g/mol. The molecular formula is C26H30ClN3O4. The van der Waals surface area contributed by atoms with Crippen molar-refractivity contribution in [1.82, 2.24) is 14.7 Å². The van der Waals surface area contributed by atoms with Gasteiger partial charge in [-0.2, -0.15) is 4.68 Å². The summed E-state index contributed by atoms with van der Waals surface area (Å²) in [6, 6.07) is 14.6. The number of hydrogen-bond acceptors (Lipinski definition) is 5. The van der Waals surface area contributed by atoms with Gasteiger partial charge < -0.3 is 14.4 Å². The summed E-state index contributed by atoms with van der Waals surface area (Å²) in [5.74, 6) is 0.231. The molecule has 1 N–H and O–H groups in total. The average molecular weight is 484 g/mol. The second-order valence-electron chi connectivity index (χ2n) is 9.26. The minimum Gasteiger partial charge on any atom is -0.390 e. The van der Waals surface area contributed by atoms with Gasteiger partial charge in [0.1, 0.15) is 6.04 Å². The highest BCUT2D eigenvalue weighted by atomic mass is 35.5. The quantitative estimate of drug-likeness (QED) is 0.532. The number of nitrogens with zero attached hydrogens (tertiary/aromatic N) is 3. The third kappa shape index (κ3) is 5.26. The molecule has 4 atom stereocenters. The lowest BCUT2D eigenvalue weighted by Gasteiger charge is -2.22. The van der Waals surface area contributed by atoms with Gasteiger partial charge in [-0.25, -0.2) is 4.79 Å². The molecule has 0 aliphatic heterocycles. The number of rotatable bonds is 7. The summed E-state index contributed by atoms with van der Waals surface area (Å²) >= 11 is 5.96. The minimum atomic E-state index is -0.554. The highest BCUT2D eigenvalue weighted by molar-refractivity contribution is 6.30. The number of amides is 1. The Morgan fingerprint density at radius 2 is 1.88 bits per heavy atom. The minimum absolute atomic E-state index is 0.167. The van der Waals surface area contributed by atoms with Crippen LogP contribution in [0.3, 0.4) is 0 Å². The maximum absolute atomic E-state index is 12.9. The van der Waals surface area contributed by atoms with Gasteiger partial charge in [-0.3, -0.25) is 4.79 Å². The lowest BCUT2D eigenvalue weighted by Crippen LogP contribution is -2.30. The predicted octanol–water partition coefficient (Wildman–Crippen LogP) is 4.55. The molecule has 2 aromatic carbocycles. The van der Waals surface area contributed by atoms with Crippen LogP contribution in [-0.2, 0) is 13.5 Å². The van der Waals surface area contributed by atoms with Crippen LogP contribution in [0.4, 0.5) is 0 Å². The summed E-state index contributed by atoms with van der Waals surface area (Å²) in [6.45, 7) is 1.77. The van der Waals surface area contributed by atoms with Gasteiger partial charge in [-0.05, 0) is 79.8 Å². The standard InChI is InChI=1S/C26H30ClN3O4/c1-16(24-28-30(3)26(33)34-24)29(2)25(32)20-7-4-17(5-8-20)14-18-6-9-21(15-18)23(31)19-10-12-22(27)13-11-19/h4-5,7-8,10-13,16,18,21,23,31H,6,9,14-15H2,1-3H3/t16-,18+,21+,23-/m1/s1. The summed E-state index contributed by atoms with van der Waals surface area (Å²) in [4.78, 5) is 26.0. The molecule has 180 valence electrons. The summed E-state index contributed by atoms with van der Waals surface area (Å²) in [6.07, 6.45) is 3.50. The summed E-state index contributed by atoms with van der Waals surface area (Å²) in [5.41, 5.74) is 2.66. The molecular weight excluding hydrogens is 454 g/mol. The third-order valence-corrected chi connectivity index (χ3v) is 7.18. The molecule has 1 aromatic heterocycles. The fraction of sp³-hybridized carbons (Fsp3) is 0.423. The van der Waals surface area contributed by atoms with Crippen LogP contribution in [0.5, 0.6) is 0 Å². The van der Waals surface area contributed by atoms with Gasteiger partial charge in [0, 0.05) is 24.7 Å². The Hall–Kier alpha value is -2.90. The van der Waals surface area contributed by atoms with E-state index in [2.05, 4.69) is 5.10 Å². The fourth-order valence-electron chi connectivity index (χ4n) is 4.71. The molecule has 8 heteroatoms. The molecule has 0 radical (unpaired) electrons. The molecule has 1 saturated carbocycles. The number of benzene rings is 2. The van der Waals surface area contributed by atoms with Gasteiger partial charge in [-0.15, -0.1) is 5.10 Å². The number of aromatic nitrogens is 2. The van der Waals surface area contributed by atoms with Crippen molar-refractivity contribution >= 4 is 17.5 Å². The first-order valence-electron chi connectivity index (χ1n) is 11.6. The largest absolute Gasteiger partial charge is 0.436 e. The van der Waals surface area contributed by atoms with E-state index in [9.17, 15) is 14.7 Å². The molecule has 3 aromatic rings. The van der Waals surface area contributed by atoms with Crippen molar-refractivity contribution in [3.05, 3.63) is 86.7 Å². The number of hydrogen-bond donors (Lipinski definition) is 1. The normalized spacial score (nSPS) is 19.7. The van der Waals surface area contributed by atoms with Crippen LogP contribution in [0, 0.1) is 11.8 Å². The molecule has 0 unspecified atom stereocenters. The smallest absolute Gasteiger partial charge is 0.390 e. The Morgan fingerprint density at radius 1 is 1.21 bits per heavy atom. The van der Waals surface area contributed by atoms with Crippen molar-refractivity contribution in [2.75, 3.05) is 7.05 Å². The molecule has 1 heterocycles. The molecule has 1 aliphatic carbocycles. The number of aliphatic hydroxyl groups is 1. The average Bonchev–Trinajstić information content (AvgIpc) is 3.44. The first kappa shape index (κ1) is 24.2. The van der Waals surface area contributed by atoms with Gasteiger partial charge in [0.25, 0.3) is 5.91 Å². The van der Waals surface area contributed by atoms with Gasteiger partial charge >= 0.3 is 5.76 Å². The molecule has 1 amide bonds. The van der Waals surface area contributed by atoms with Crippen LogP contribution < -0.4 is 5.76 Å². The second kappa shape index (κ2) is 10.2. The van der Waals surface area contributed by atoms with Crippen LogP contribution >= 0.6 is 11.6 Å². The number of halogens is 1. The van der Waals surface area contributed by atoms with Crippen LogP contribution in [0.1, 0.15) is 65.7 Å². The SMILES string of the molecule is C[C@H](c1nn(C)c(=O)o1)N(C)C(=O)c1ccc(C[C@@H]2CC[C@H]([C@H](O)c3ccc(Cl)cc3)C2)cc1. The number of carbonyl (C=O) groups is 1. The molecule has 0 spiro atoms. The highest BCUT2D eigenvalue weighted by Crippen LogP contribution is 2.40. The summed E-state index contributed by atoms with van der Waals surface area (Å²) in [7, 11) is 3.17. The molecule has 1 fully saturated rings. The van der Waals surface area contributed by atoms with E-state index in [4.69, 9.17) is 16.0 Å². The zero-order chi connectivity index (χ0) is 24.4. The number of aryl methyl sites for hydroxylation is 1. The Labute approximate surface area is 204 Å². The van der Waals surface area contributed by atoms with Crippen molar-refractivity contribution in [3.63, 3.8) is 0 Å². The lowest BCUT2D eigenvalue weighted by molar-refractivity contribution is 0.0720. The molecule has 4 rings (SSSR count). The zero-order valence-electron chi connectivity index (χ0n) is 19.6. The predicted molar refractivity (Wildman–Crippen MR) is 130 cm³/mol.